The van der Waals surface area contributed by atoms with Crippen LogP contribution in [-0.2, 0) is 10.8 Å². The Labute approximate surface area is 146 Å². The van der Waals surface area contributed by atoms with Crippen molar-refractivity contribution in [1.82, 2.24) is 0 Å². The summed E-state index contributed by atoms with van der Waals surface area (Å²) in [5.74, 6) is 1.33. The highest BCUT2D eigenvalue weighted by Crippen LogP contribution is 2.46. The first-order valence-corrected chi connectivity index (χ1v) is 8.90. The summed E-state index contributed by atoms with van der Waals surface area (Å²) in [6.07, 6.45) is 1.97. The zero-order valence-corrected chi connectivity index (χ0v) is 16.1. The Morgan fingerprint density at radius 2 is 1.38 bits per heavy atom. The predicted octanol–water partition coefficient (Wildman–Crippen LogP) is 3.80. The summed E-state index contributed by atoms with van der Waals surface area (Å²) in [5.41, 5.74) is 2.31. The Balaban J connectivity index is 3.62. The van der Waals surface area contributed by atoms with Crippen LogP contribution >= 0.6 is 0 Å². The van der Waals surface area contributed by atoms with Gasteiger partial charge in [-0.05, 0) is 35.3 Å². The molecule has 0 spiro atoms. The monoisotopic (exact) mass is 338 g/mol. The fraction of sp³-hybridized carbons (Fsp3) is 0.700. The molecule has 2 N–H and O–H groups in total. The van der Waals surface area contributed by atoms with Gasteiger partial charge in [0.25, 0.3) is 0 Å². The normalized spacial score (nSPS) is 12.3. The van der Waals surface area contributed by atoms with E-state index in [1.807, 2.05) is 6.07 Å². The van der Waals surface area contributed by atoms with Crippen LogP contribution in [0, 0.1) is 0 Å². The summed E-state index contributed by atoms with van der Waals surface area (Å²) >= 11 is 0. The van der Waals surface area contributed by atoms with Gasteiger partial charge in [0, 0.05) is 5.56 Å². The molecule has 0 radical (unpaired) electrons. The lowest BCUT2D eigenvalue weighted by atomic mass is 9.71. The van der Waals surface area contributed by atoms with Gasteiger partial charge >= 0.3 is 0 Å². The van der Waals surface area contributed by atoms with E-state index in [9.17, 15) is 5.11 Å². The summed E-state index contributed by atoms with van der Waals surface area (Å²) in [4.78, 5) is 0. The van der Waals surface area contributed by atoms with Gasteiger partial charge in [0.1, 0.15) is 13.2 Å². The van der Waals surface area contributed by atoms with Gasteiger partial charge in [0.15, 0.2) is 11.5 Å². The topological polar surface area (TPSA) is 58.9 Å². The molecule has 1 aromatic rings. The summed E-state index contributed by atoms with van der Waals surface area (Å²) < 4.78 is 11.6. The molecular formula is C20H34O4. The van der Waals surface area contributed by atoms with E-state index in [1.165, 1.54) is 5.56 Å². The summed E-state index contributed by atoms with van der Waals surface area (Å²) in [6.45, 7) is 13.6. The van der Waals surface area contributed by atoms with Crippen molar-refractivity contribution in [2.24, 2.45) is 0 Å². The number of hydrogen-bond acceptors (Lipinski definition) is 4. The fourth-order valence-corrected chi connectivity index (χ4v) is 2.73. The van der Waals surface area contributed by atoms with E-state index in [0.717, 1.165) is 18.4 Å². The summed E-state index contributed by atoms with van der Waals surface area (Å²) in [7, 11) is 0. The van der Waals surface area contributed by atoms with Crippen molar-refractivity contribution >= 4 is 0 Å². The van der Waals surface area contributed by atoms with Crippen molar-refractivity contribution in [3.05, 3.63) is 23.3 Å². The Morgan fingerprint density at radius 1 is 0.833 bits per heavy atom. The molecule has 1 rings (SSSR count). The second-order valence-electron chi connectivity index (χ2n) is 7.43. The van der Waals surface area contributed by atoms with Crippen molar-refractivity contribution in [2.75, 3.05) is 26.4 Å². The van der Waals surface area contributed by atoms with E-state index in [2.05, 4.69) is 47.6 Å². The molecule has 0 aliphatic carbocycles. The highest BCUT2D eigenvalue weighted by Gasteiger charge is 2.33. The quantitative estimate of drug-likeness (QED) is 0.681. The van der Waals surface area contributed by atoms with Gasteiger partial charge < -0.3 is 19.7 Å². The molecule has 0 heterocycles. The molecule has 0 aromatic heterocycles. The zero-order valence-electron chi connectivity index (χ0n) is 16.1. The van der Waals surface area contributed by atoms with E-state index in [0.29, 0.717) is 11.5 Å². The third kappa shape index (κ3) is 4.64. The van der Waals surface area contributed by atoms with Crippen LogP contribution in [0.4, 0.5) is 0 Å². The third-order valence-electron chi connectivity index (χ3n) is 4.98. The molecule has 4 nitrogen and oxygen atoms in total. The van der Waals surface area contributed by atoms with Gasteiger partial charge in [0.05, 0.1) is 13.2 Å². The van der Waals surface area contributed by atoms with E-state index < -0.39 is 0 Å². The van der Waals surface area contributed by atoms with Crippen LogP contribution in [0.5, 0.6) is 11.5 Å². The fourth-order valence-electron chi connectivity index (χ4n) is 2.73. The molecule has 0 saturated carbocycles. The molecule has 0 saturated heterocycles. The molecular weight excluding hydrogens is 304 g/mol. The number of aliphatic hydroxyl groups is 2. The van der Waals surface area contributed by atoms with Crippen molar-refractivity contribution < 1.29 is 19.7 Å². The van der Waals surface area contributed by atoms with E-state index >= 15 is 0 Å². The smallest absolute Gasteiger partial charge is 0.165 e. The van der Waals surface area contributed by atoms with Crippen LogP contribution in [0.15, 0.2) is 12.1 Å². The van der Waals surface area contributed by atoms with E-state index in [1.54, 1.807) is 0 Å². The number of aliphatic hydroxyl groups excluding tert-OH is 2. The van der Waals surface area contributed by atoms with Gasteiger partial charge in [-0.1, -0.05) is 47.6 Å². The molecule has 0 bridgehead atoms. The van der Waals surface area contributed by atoms with Crippen LogP contribution in [0.25, 0.3) is 0 Å². The van der Waals surface area contributed by atoms with Gasteiger partial charge in [-0.25, -0.2) is 0 Å². The van der Waals surface area contributed by atoms with Crippen molar-refractivity contribution in [1.29, 1.82) is 0 Å². The van der Waals surface area contributed by atoms with Gasteiger partial charge in [0.2, 0.25) is 0 Å². The molecule has 0 atom stereocenters. The minimum atomic E-state index is -0.0921. The molecule has 0 amide bonds. The molecule has 138 valence electrons. The lowest BCUT2D eigenvalue weighted by Gasteiger charge is -2.35. The SMILES string of the molecule is CCC(C)(C)c1ccc(OCCO)c(OCCO)c1C(C)(C)CC. The molecule has 0 fully saturated rings. The minimum absolute atomic E-state index is 0.00854. The first-order valence-electron chi connectivity index (χ1n) is 8.90. The molecule has 0 aliphatic heterocycles. The Kier molecular flexibility index (Phi) is 7.56. The second kappa shape index (κ2) is 8.72. The Hall–Kier alpha value is -1.26. The maximum atomic E-state index is 9.21. The highest BCUT2D eigenvalue weighted by molar-refractivity contribution is 5.56. The van der Waals surface area contributed by atoms with Gasteiger partial charge in [-0.15, -0.1) is 0 Å². The Bertz CT molecular complexity index is 521. The van der Waals surface area contributed by atoms with Crippen LogP contribution in [-0.4, -0.2) is 36.6 Å². The van der Waals surface area contributed by atoms with Crippen LogP contribution in [0.1, 0.15) is 65.5 Å². The number of hydrogen-bond donors (Lipinski definition) is 2. The zero-order chi connectivity index (χ0) is 18.4. The van der Waals surface area contributed by atoms with Gasteiger partial charge in [-0.2, -0.15) is 0 Å². The van der Waals surface area contributed by atoms with Crippen LogP contribution in [0.2, 0.25) is 0 Å². The Morgan fingerprint density at radius 3 is 1.88 bits per heavy atom. The van der Waals surface area contributed by atoms with Crippen molar-refractivity contribution in [2.45, 2.75) is 65.2 Å². The molecule has 0 unspecified atom stereocenters. The van der Waals surface area contributed by atoms with E-state index in [4.69, 9.17) is 14.6 Å². The third-order valence-corrected chi connectivity index (χ3v) is 4.98. The first kappa shape index (κ1) is 20.8. The van der Waals surface area contributed by atoms with Crippen LogP contribution in [0.3, 0.4) is 0 Å². The largest absolute Gasteiger partial charge is 0.487 e. The summed E-state index contributed by atoms with van der Waals surface area (Å²) in [6, 6.07) is 4.04. The number of rotatable bonds is 10. The van der Waals surface area contributed by atoms with E-state index in [-0.39, 0.29) is 37.3 Å². The average Bonchev–Trinajstić information content (AvgIpc) is 2.57. The number of ether oxygens (including phenoxy) is 2. The minimum Gasteiger partial charge on any atom is -0.487 e. The average molecular weight is 338 g/mol. The lowest BCUT2D eigenvalue weighted by Crippen LogP contribution is -2.27. The maximum absolute atomic E-state index is 9.21. The standard InChI is InChI=1S/C20H34O4/c1-7-19(3,4)15-9-10-16(23-13-11-21)18(24-14-12-22)17(15)20(5,6)8-2/h9-10,21-22H,7-8,11-14H2,1-6H3. The molecule has 24 heavy (non-hydrogen) atoms. The van der Waals surface area contributed by atoms with Crippen molar-refractivity contribution in [3.8, 4) is 11.5 Å². The van der Waals surface area contributed by atoms with Gasteiger partial charge in [-0.3, -0.25) is 0 Å². The molecule has 1 aromatic carbocycles. The first-order chi connectivity index (χ1) is 11.2. The highest BCUT2D eigenvalue weighted by atomic mass is 16.5. The lowest BCUT2D eigenvalue weighted by molar-refractivity contribution is 0.175. The second-order valence-corrected chi connectivity index (χ2v) is 7.43. The predicted molar refractivity (Wildman–Crippen MR) is 98.2 cm³/mol. The summed E-state index contributed by atoms with van der Waals surface area (Å²) in [5, 5.41) is 18.3. The maximum Gasteiger partial charge on any atom is 0.165 e. The van der Waals surface area contributed by atoms with Crippen LogP contribution < -0.4 is 9.47 Å². The van der Waals surface area contributed by atoms with Crippen molar-refractivity contribution in [3.63, 3.8) is 0 Å². The molecule has 4 heteroatoms. The number of benzene rings is 1. The molecule has 0 aliphatic rings.